The average Bonchev–Trinajstić information content (AvgIpc) is 2.93. The molecule has 1 aliphatic heterocycles. The van der Waals surface area contributed by atoms with E-state index in [4.69, 9.17) is 4.74 Å². The number of rotatable bonds is 7. The molecule has 0 atom stereocenters. The lowest BCUT2D eigenvalue weighted by Gasteiger charge is -2.47. The lowest BCUT2D eigenvalue weighted by Crippen LogP contribution is -2.65. The summed E-state index contributed by atoms with van der Waals surface area (Å²) in [6.45, 7) is 4.62. The highest BCUT2D eigenvalue weighted by molar-refractivity contribution is 6.11. The predicted octanol–water partition coefficient (Wildman–Crippen LogP) is 4.35. The van der Waals surface area contributed by atoms with Gasteiger partial charge >= 0.3 is 0 Å². The van der Waals surface area contributed by atoms with Gasteiger partial charge in [-0.25, -0.2) is 0 Å². The molecule has 0 spiro atoms. The number of amides is 3. The van der Waals surface area contributed by atoms with Gasteiger partial charge < -0.3 is 15.0 Å². The number of nitrogens with one attached hydrogen (secondary N) is 1. The molecule has 1 fully saturated rings. The van der Waals surface area contributed by atoms with Gasteiger partial charge in [-0.2, -0.15) is 0 Å². The highest BCUT2D eigenvalue weighted by Gasteiger charge is 2.49. The third kappa shape index (κ3) is 5.66. The predicted molar refractivity (Wildman–Crippen MR) is 143 cm³/mol. The maximum absolute atomic E-state index is 14.2. The van der Waals surface area contributed by atoms with Crippen LogP contribution in [-0.4, -0.2) is 48.4 Å². The van der Waals surface area contributed by atoms with Crippen molar-refractivity contribution in [2.75, 3.05) is 25.1 Å². The summed E-state index contributed by atoms with van der Waals surface area (Å²) in [5.41, 5.74) is 1.93. The molecule has 3 aromatic rings. The van der Waals surface area contributed by atoms with Crippen LogP contribution in [0.3, 0.4) is 0 Å². The standard InChI is InChI=1S/C30H33N3O4/c1-22-9-13-26(14-10-22)33(28(35)25-11-15-27(37-3)16-12-25)30(17-19-32(20-18-30)23(2)34)29(36)31-21-24-7-5-4-6-8-24/h4-16H,17-21H2,1-3H3,(H,31,36). The molecule has 0 bridgehead atoms. The number of aryl methyl sites for hydroxylation is 1. The molecule has 3 aromatic carbocycles. The van der Waals surface area contributed by atoms with Gasteiger partial charge in [0.1, 0.15) is 11.3 Å². The minimum absolute atomic E-state index is 0.0401. The van der Waals surface area contributed by atoms with Crippen LogP contribution in [0.2, 0.25) is 0 Å². The molecule has 4 rings (SSSR count). The van der Waals surface area contributed by atoms with Crippen molar-refractivity contribution >= 4 is 23.4 Å². The second-order valence-corrected chi connectivity index (χ2v) is 9.41. The number of carbonyl (C=O) groups is 3. The number of anilines is 1. The third-order valence-corrected chi connectivity index (χ3v) is 7.01. The zero-order valence-corrected chi connectivity index (χ0v) is 21.6. The van der Waals surface area contributed by atoms with E-state index in [0.717, 1.165) is 11.1 Å². The Labute approximate surface area is 218 Å². The van der Waals surface area contributed by atoms with Crippen LogP contribution in [0.1, 0.15) is 41.3 Å². The van der Waals surface area contributed by atoms with Crippen molar-refractivity contribution in [2.24, 2.45) is 0 Å². The molecule has 0 unspecified atom stereocenters. The minimum atomic E-state index is -1.17. The Kier molecular flexibility index (Phi) is 7.92. The van der Waals surface area contributed by atoms with Crippen LogP contribution in [0.4, 0.5) is 5.69 Å². The van der Waals surface area contributed by atoms with Crippen LogP contribution >= 0.6 is 0 Å². The van der Waals surface area contributed by atoms with E-state index < -0.39 is 5.54 Å². The topological polar surface area (TPSA) is 79.0 Å². The molecule has 0 radical (unpaired) electrons. The second-order valence-electron chi connectivity index (χ2n) is 9.41. The van der Waals surface area contributed by atoms with Gasteiger partial charge in [-0.05, 0) is 61.7 Å². The Hall–Kier alpha value is -4.13. The SMILES string of the molecule is COc1ccc(C(=O)N(c2ccc(C)cc2)C2(C(=O)NCc3ccccc3)CCN(C(C)=O)CC2)cc1. The maximum atomic E-state index is 14.2. The van der Waals surface area contributed by atoms with Crippen LogP contribution in [0.5, 0.6) is 5.75 Å². The molecular formula is C30H33N3O4. The van der Waals surface area contributed by atoms with Gasteiger partial charge in [-0.15, -0.1) is 0 Å². The molecule has 7 heteroatoms. The molecule has 0 saturated carbocycles. The zero-order valence-electron chi connectivity index (χ0n) is 21.6. The smallest absolute Gasteiger partial charge is 0.259 e. The summed E-state index contributed by atoms with van der Waals surface area (Å²) < 4.78 is 5.26. The van der Waals surface area contributed by atoms with Crippen LogP contribution in [-0.2, 0) is 16.1 Å². The van der Waals surface area contributed by atoms with E-state index in [1.165, 1.54) is 6.92 Å². The van der Waals surface area contributed by atoms with Crippen LogP contribution in [0, 0.1) is 6.92 Å². The molecule has 0 aromatic heterocycles. The summed E-state index contributed by atoms with van der Waals surface area (Å²) in [5, 5.41) is 3.08. The van der Waals surface area contributed by atoms with Gasteiger partial charge in [0, 0.05) is 37.8 Å². The zero-order chi connectivity index (χ0) is 26.4. The monoisotopic (exact) mass is 499 g/mol. The fraction of sp³-hybridized carbons (Fsp3) is 0.300. The van der Waals surface area contributed by atoms with Crippen molar-refractivity contribution in [1.29, 1.82) is 0 Å². The van der Waals surface area contributed by atoms with Gasteiger partial charge in [0.2, 0.25) is 11.8 Å². The van der Waals surface area contributed by atoms with E-state index in [1.54, 1.807) is 41.2 Å². The Morgan fingerprint density at radius 2 is 1.54 bits per heavy atom. The van der Waals surface area contributed by atoms with E-state index in [1.807, 2.05) is 61.5 Å². The average molecular weight is 500 g/mol. The lowest BCUT2D eigenvalue weighted by molar-refractivity contribution is -0.135. The number of hydrogen-bond donors (Lipinski definition) is 1. The van der Waals surface area contributed by atoms with Crippen molar-refractivity contribution in [3.8, 4) is 5.75 Å². The van der Waals surface area contributed by atoms with Crippen molar-refractivity contribution in [3.05, 3.63) is 95.6 Å². The quantitative estimate of drug-likeness (QED) is 0.524. The minimum Gasteiger partial charge on any atom is -0.497 e. The Balaban J connectivity index is 1.76. The van der Waals surface area contributed by atoms with E-state index in [9.17, 15) is 14.4 Å². The fourth-order valence-electron chi connectivity index (χ4n) is 4.80. The number of piperidine rings is 1. The number of ether oxygens (including phenoxy) is 1. The number of nitrogens with zero attached hydrogens (tertiary/aromatic N) is 2. The normalized spacial score (nSPS) is 14.5. The maximum Gasteiger partial charge on any atom is 0.259 e. The molecule has 1 saturated heterocycles. The van der Waals surface area contributed by atoms with Gasteiger partial charge in [0.15, 0.2) is 0 Å². The van der Waals surface area contributed by atoms with Crippen LogP contribution in [0.15, 0.2) is 78.9 Å². The molecule has 7 nitrogen and oxygen atoms in total. The summed E-state index contributed by atoms with van der Waals surface area (Å²) in [7, 11) is 1.57. The number of carbonyl (C=O) groups excluding carboxylic acids is 3. The van der Waals surface area contributed by atoms with E-state index in [-0.39, 0.29) is 17.7 Å². The molecule has 0 aliphatic carbocycles. The summed E-state index contributed by atoms with van der Waals surface area (Å²) in [5.74, 6) is 0.0878. The van der Waals surface area contributed by atoms with Crippen LogP contribution < -0.4 is 15.0 Å². The first kappa shape index (κ1) is 25.9. The molecule has 1 aliphatic rings. The van der Waals surface area contributed by atoms with E-state index in [2.05, 4.69) is 5.32 Å². The Morgan fingerprint density at radius 3 is 2.11 bits per heavy atom. The molecular weight excluding hydrogens is 466 g/mol. The first-order valence-corrected chi connectivity index (χ1v) is 12.5. The highest BCUT2D eigenvalue weighted by atomic mass is 16.5. The van der Waals surface area contributed by atoms with Crippen LogP contribution in [0.25, 0.3) is 0 Å². The number of benzene rings is 3. The van der Waals surface area contributed by atoms with Gasteiger partial charge in [0.25, 0.3) is 5.91 Å². The molecule has 1 N–H and O–H groups in total. The summed E-state index contributed by atoms with van der Waals surface area (Å²) in [4.78, 5) is 43.7. The van der Waals surface area contributed by atoms with E-state index in [0.29, 0.717) is 49.5 Å². The van der Waals surface area contributed by atoms with Crippen molar-refractivity contribution < 1.29 is 19.1 Å². The Bertz CT molecular complexity index is 1230. The van der Waals surface area contributed by atoms with Gasteiger partial charge in [0.05, 0.1) is 7.11 Å². The van der Waals surface area contributed by atoms with E-state index >= 15 is 0 Å². The lowest BCUT2D eigenvalue weighted by atomic mass is 9.83. The molecule has 1 heterocycles. The first-order chi connectivity index (χ1) is 17.8. The van der Waals surface area contributed by atoms with Gasteiger partial charge in [-0.1, -0.05) is 48.0 Å². The molecule has 192 valence electrons. The number of hydrogen-bond acceptors (Lipinski definition) is 4. The van der Waals surface area contributed by atoms with Crippen molar-refractivity contribution in [3.63, 3.8) is 0 Å². The fourth-order valence-corrected chi connectivity index (χ4v) is 4.80. The number of methoxy groups -OCH3 is 1. The first-order valence-electron chi connectivity index (χ1n) is 12.5. The molecule has 37 heavy (non-hydrogen) atoms. The summed E-state index contributed by atoms with van der Waals surface area (Å²) in [6.07, 6.45) is 0.645. The molecule has 3 amide bonds. The second kappa shape index (κ2) is 11.3. The number of likely N-dealkylation sites (tertiary alicyclic amines) is 1. The Morgan fingerprint density at radius 1 is 0.919 bits per heavy atom. The van der Waals surface area contributed by atoms with Gasteiger partial charge in [-0.3, -0.25) is 19.3 Å². The largest absolute Gasteiger partial charge is 0.497 e. The summed E-state index contributed by atoms with van der Waals surface area (Å²) in [6, 6.07) is 24.2. The highest BCUT2D eigenvalue weighted by Crippen LogP contribution is 2.36. The van der Waals surface area contributed by atoms with Crippen molar-refractivity contribution in [2.45, 2.75) is 38.8 Å². The van der Waals surface area contributed by atoms with Crippen molar-refractivity contribution in [1.82, 2.24) is 10.2 Å². The third-order valence-electron chi connectivity index (χ3n) is 7.01. The summed E-state index contributed by atoms with van der Waals surface area (Å²) >= 11 is 0.